The minimum Gasteiger partial charge on any atom is -0.476 e. The van der Waals surface area contributed by atoms with Gasteiger partial charge < -0.3 is 9.67 Å². The van der Waals surface area contributed by atoms with Crippen LogP contribution in [0.4, 0.5) is 0 Å². The summed E-state index contributed by atoms with van der Waals surface area (Å²) < 4.78 is 1.79. The van der Waals surface area contributed by atoms with Gasteiger partial charge in [-0.05, 0) is 81.3 Å². The number of hydrogen-bond acceptors (Lipinski definition) is 4. The van der Waals surface area contributed by atoms with Gasteiger partial charge in [0.2, 0.25) is 5.69 Å². The summed E-state index contributed by atoms with van der Waals surface area (Å²) in [5.74, 6) is 0.994. The number of rotatable bonds is 7. The maximum Gasteiger partial charge on any atom is 0.360 e. The molecule has 3 fully saturated rings. The lowest BCUT2D eigenvalue weighted by Crippen LogP contribution is -2.60. The summed E-state index contributed by atoms with van der Waals surface area (Å²) in [7, 11) is 0. The number of fused-ring (bicyclic) bond motifs is 3. The lowest BCUT2D eigenvalue weighted by Gasteiger charge is -2.56. The van der Waals surface area contributed by atoms with Gasteiger partial charge in [0.25, 0.3) is 5.56 Å². The molecule has 2 saturated heterocycles. The van der Waals surface area contributed by atoms with Crippen molar-refractivity contribution in [2.45, 2.75) is 116 Å². The summed E-state index contributed by atoms with van der Waals surface area (Å²) in [6.45, 7) is 9.59. The Morgan fingerprint density at radius 2 is 1.64 bits per heavy atom. The average molecular weight is 494 g/mol. The van der Waals surface area contributed by atoms with E-state index >= 15 is 0 Å². The first-order valence-electron chi connectivity index (χ1n) is 14.3. The molecule has 1 N–H and O–H groups in total. The predicted molar refractivity (Wildman–Crippen MR) is 143 cm³/mol. The van der Waals surface area contributed by atoms with Crippen LogP contribution in [0.3, 0.4) is 0 Å². The van der Waals surface area contributed by atoms with Crippen LogP contribution in [0, 0.1) is 17.8 Å². The van der Waals surface area contributed by atoms with Crippen LogP contribution in [0.1, 0.15) is 108 Å². The highest BCUT2D eigenvalue weighted by Gasteiger charge is 2.53. The number of para-hydroxylation sites is 2. The van der Waals surface area contributed by atoms with Crippen LogP contribution < -0.4 is 5.56 Å². The standard InChI is InChI=1S/C30H43N3O3/c1-5-21(6-2)18-30(16-19(3)13-20(4)17-30)33-22-11-12-23(33)15-24(14-22)32-26-10-8-7-9-25(26)31-27(28(32)34)29(35)36/h7-10,19-24H,5-6,11-18H2,1-4H3,(H,35,36)/t19?,20?,22-,23+,24+,30?. The van der Waals surface area contributed by atoms with Gasteiger partial charge in [-0.15, -0.1) is 0 Å². The summed E-state index contributed by atoms with van der Waals surface area (Å²) in [4.78, 5) is 32.5. The summed E-state index contributed by atoms with van der Waals surface area (Å²) >= 11 is 0. The zero-order valence-corrected chi connectivity index (χ0v) is 22.4. The van der Waals surface area contributed by atoms with Crippen LogP contribution in [0.25, 0.3) is 11.0 Å². The number of piperidine rings is 1. The van der Waals surface area contributed by atoms with Crippen molar-refractivity contribution < 1.29 is 9.90 Å². The Bertz CT molecular complexity index is 1150. The summed E-state index contributed by atoms with van der Waals surface area (Å²) in [6, 6.07) is 8.43. The van der Waals surface area contributed by atoms with E-state index in [4.69, 9.17) is 0 Å². The third kappa shape index (κ3) is 4.40. The lowest BCUT2D eigenvalue weighted by atomic mass is 9.65. The number of aromatic carboxylic acids is 1. The van der Waals surface area contributed by atoms with Gasteiger partial charge in [-0.1, -0.05) is 52.7 Å². The quantitative estimate of drug-likeness (QED) is 0.491. The zero-order valence-electron chi connectivity index (χ0n) is 22.4. The third-order valence-corrected chi connectivity index (χ3v) is 9.70. The number of benzene rings is 1. The molecule has 1 aromatic heterocycles. The molecule has 1 aromatic carbocycles. The molecule has 0 spiro atoms. The first-order valence-corrected chi connectivity index (χ1v) is 14.3. The molecule has 6 heteroatoms. The smallest absolute Gasteiger partial charge is 0.360 e. The first kappa shape index (κ1) is 25.4. The molecule has 5 rings (SSSR count). The van der Waals surface area contributed by atoms with Crippen molar-refractivity contribution in [3.8, 4) is 0 Å². The molecule has 0 amide bonds. The van der Waals surface area contributed by atoms with Gasteiger partial charge in [-0.2, -0.15) is 0 Å². The molecule has 2 aliphatic heterocycles. The van der Waals surface area contributed by atoms with Crippen LogP contribution >= 0.6 is 0 Å². The van der Waals surface area contributed by atoms with E-state index in [1.165, 1.54) is 51.4 Å². The van der Waals surface area contributed by atoms with Crippen molar-refractivity contribution in [1.82, 2.24) is 14.5 Å². The molecule has 2 bridgehead atoms. The molecule has 6 nitrogen and oxygen atoms in total. The largest absolute Gasteiger partial charge is 0.476 e. The number of aromatic nitrogens is 2. The number of carbonyl (C=O) groups is 1. The first-order chi connectivity index (χ1) is 17.3. The molecule has 1 aliphatic carbocycles. The Morgan fingerprint density at radius 1 is 1.03 bits per heavy atom. The lowest BCUT2D eigenvalue weighted by molar-refractivity contribution is -0.0629. The van der Waals surface area contributed by atoms with Gasteiger partial charge in [-0.3, -0.25) is 9.69 Å². The minimum absolute atomic E-state index is 0.0147. The SMILES string of the molecule is CCC(CC)CC1(N2[C@@H]3CC[C@H]2C[C@@H](n2c(=O)c(C(=O)O)nc4ccccc42)C3)CC(C)CC(C)C1. The molecule has 2 aromatic rings. The van der Waals surface area contributed by atoms with Gasteiger partial charge in [0.1, 0.15) is 0 Å². The van der Waals surface area contributed by atoms with E-state index in [-0.39, 0.29) is 17.3 Å². The Morgan fingerprint density at radius 3 is 2.22 bits per heavy atom. The van der Waals surface area contributed by atoms with Gasteiger partial charge in [0.05, 0.1) is 11.0 Å². The van der Waals surface area contributed by atoms with Crippen LogP contribution in [0.15, 0.2) is 29.1 Å². The molecular weight excluding hydrogens is 450 g/mol. The van der Waals surface area contributed by atoms with Gasteiger partial charge in [0, 0.05) is 23.7 Å². The second-order valence-corrected chi connectivity index (χ2v) is 12.3. The number of carboxylic acid groups (broad SMARTS) is 1. The molecular formula is C30H43N3O3. The monoisotopic (exact) mass is 493 g/mol. The summed E-state index contributed by atoms with van der Waals surface area (Å²) in [5.41, 5.74) is 0.790. The summed E-state index contributed by atoms with van der Waals surface area (Å²) in [6.07, 6.45) is 11.8. The van der Waals surface area contributed by atoms with Crippen molar-refractivity contribution in [3.63, 3.8) is 0 Å². The Kier molecular flexibility index (Phi) is 7.01. The fourth-order valence-corrected chi connectivity index (χ4v) is 8.62. The molecule has 2 unspecified atom stereocenters. The van der Waals surface area contributed by atoms with Crippen LogP contribution in [-0.2, 0) is 0 Å². The van der Waals surface area contributed by atoms with Crippen LogP contribution in [-0.4, -0.2) is 43.1 Å². The minimum atomic E-state index is -1.24. The second-order valence-electron chi connectivity index (χ2n) is 12.3. The Balaban J connectivity index is 1.53. The molecule has 3 aliphatic rings. The normalized spacial score (nSPS) is 32.9. The van der Waals surface area contributed by atoms with Crippen molar-refractivity contribution in [1.29, 1.82) is 0 Å². The van der Waals surface area contributed by atoms with E-state index < -0.39 is 11.5 Å². The molecule has 1 saturated carbocycles. The average Bonchev–Trinajstić information content (AvgIpc) is 3.12. The maximum atomic E-state index is 13.4. The Hall–Kier alpha value is -2.21. The molecule has 36 heavy (non-hydrogen) atoms. The number of nitrogens with zero attached hydrogens (tertiary/aromatic N) is 3. The third-order valence-electron chi connectivity index (χ3n) is 9.70. The molecule has 0 radical (unpaired) electrons. The van der Waals surface area contributed by atoms with E-state index in [0.717, 1.165) is 36.1 Å². The molecule has 3 heterocycles. The van der Waals surface area contributed by atoms with E-state index in [0.29, 0.717) is 17.6 Å². The van der Waals surface area contributed by atoms with E-state index in [9.17, 15) is 14.7 Å². The molecule has 196 valence electrons. The van der Waals surface area contributed by atoms with E-state index in [2.05, 4.69) is 37.6 Å². The highest BCUT2D eigenvalue weighted by atomic mass is 16.4. The predicted octanol–water partition coefficient (Wildman–Crippen LogP) is 6.28. The van der Waals surface area contributed by atoms with Crippen molar-refractivity contribution in [2.24, 2.45) is 17.8 Å². The fourth-order valence-electron chi connectivity index (χ4n) is 8.62. The van der Waals surface area contributed by atoms with Crippen molar-refractivity contribution in [3.05, 3.63) is 40.3 Å². The zero-order chi connectivity index (χ0) is 25.6. The molecule has 5 atom stereocenters. The topological polar surface area (TPSA) is 75.4 Å². The van der Waals surface area contributed by atoms with Gasteiger partial charge in [0.15, 0.2) is 0 Å². The van der Waals surface area contributed by atoms with Gasteiger partial charge in [-0.25, -0.2) is 9.78 Å². The van der Waals surface area contributed by atoms with E-state index in [1.807, 2.05) is 24.3 Å². The second kappa shape index (κ2) is 9.92. The highest BCUT2D eigenvalue weighted by molar-refractivity contribution is 5.88. The highest BCUT2D eigenvalue weighted by Crippen LogP contribution is 2.53. The number of hydrogen-bond donors (Lipinski definition) is 1. The Labute approximate surface area is 215 Å². The maximum absolute atomic E-state index is 13.4. The van der Waals surface area contributed by atoms with Crippen LogP contribution in [0.2, 0.25) is 0 Å². The van der Waals surface area contributed by atoms with Gasteiger partial charge >= 0.3 is 5.97 Å². The van der Waals surface area contributed by atoms with Crippen molar-refractivity contribution in [2.75, 3.05) is 0 Å². The summed E-state index contributed by atoms with van der Waals surface area (Å²) in [5, 5.41) is 9.71. The number of carboxylic acids is 1. The van der Waals surface area contributed by atoms with Crippen molar-refractivity contribution >= 4 is 17.0 Å². The van der Waals surface area contributed by atoms with E-state index in [1.54, 1.807) is 4.57 Å². The van der Waals surface area contributed by atoms with Crippen LogP contribution in [0.5, 0.6) is 0 Å². The fraction of sp³-hybridized carbons (Fsp3) is 0.700.